The number of piperidine rings is 1. The van der Waals surface area contributed by atoms with E-state index >= 15 is 0 Å². The Hall–Kier alpha value is -3.33. The van der Waals surface area contributed by atoms with Crippen LogP contribution in [0.2, 0.25) is 0 Å². The average Bonchev–Trinajstić information content (AvgIpc) is 3.16. The molecule has 4 rings (SSSR count). The molecule has 3 aromatic rings. The zero-order valence-corrected chi connectivity index (χ0v) is 19.2. The van der Waals surface area contributed by atoms with Gasteiger partial charge >= 0.3 is 0 Å². The second-order valence-electron chi connectivity index (χ2n) is 8.92. The lowest BCUT2D eigenvalue weighted by Crippen LogP contribution is -2.36. The van der Waals surface area contributed by atoms with Crippen LogP contribution in [0, 0.1) is 5.92 Å². The summed E-state index contributed by atoms with van der Waals surface area (Å²) in [5, 5.41) is 12.3. The molecule has 34 heavy (non-hydrogen) atoms. The molecule has 9 heteroatoms. The van der Waals surface area contributed by atoms with Gasteiger partial charge in [-0.3, -0.25) is 14.9 Å². The van der Waals surface area contributed by atoms with Crippen LogP contribution in [0.5, 0.6) is 0 Å². The summed E-state index contributed by atoms with van der Waals surface area (Å²) in [5.41, 5.74) is 2.09. The number of nitrogens with zero attached hydrogens (tertiary/aromatic N) is 3. The van der Waals surface area contributed by atoms with Crippen molar-refractivity contribution >= 4 is 28.8 Å². The smallest absolute Gasteiger partial charge is 0.263 e. The summed E-state index contributed by atoms with van der Waals surface area (Å²) in [6.07, 6.45) is -0.990. The van der Waals surface area contributed by atoms with E-state index in [1.807, 2.05) is 25.1 Å². The number of halogens is 2. The number of anilines is 1. The van der Waals surface area contributed by atoms with Crippen LogP contribution < -0.4 is 5.32 Å². The molecule has 2 atom stereocenters. The Kier molecular flexibility index (Phi) is 6.92. The summed E-state index contributed by atoms with van der Waals surface area (Å²) < 4.78 is 27.9. The number of carbonyl (C=O) groups is 2. The van der Waals surface area contributed by atoms with Gasteiger partial charge < -0.3 is 14.6 Å². The molecule has 1 fully saturated rings. The first-order chi connectivity index (χ1) is 16.3. The van der Waals surface area contributed by atoms with Crippen molar-refractivity contribution in [2.45, 2.75) is 38.7 Å². The van der Waals surface area contributed by atoms with Gasteiger partial charge in [-0.1, -0.05) is 25.1 Å². The standard InChI is InChI=1S/C25H28F2N4O3/c1-15(14-32)13-31-21-9-8-16(19-7-4-10-30(2)24(19)34)12-20(21)28-25(31)29-23(33)18-6-3-5-17(11-18)22(26)27/h3,5-6,8-9,11-12,15,19,22,32H,4,7,10,13-14H2,1-2H3,(H,28,29,33)/t15-,19+/m1/s1. The molecule has 1 saturated heterocycles. The van der Waals surface area contributed by atoms with E-state index in [1.165, 1.54) is 18.2 Å². The van der Waals surface area contributed by atoms with Crippen LogP contribution in [0.4, 0.5) is 14.7 Å². The zero-order chi connectivity index (χ0) is 24.4. The van der Waals surface area contributed by atoms with E-state index in [-0.39, 0.29) is 41.4 Å². The Bertz CT molecular complexity index is 1210. The monoisotopic (exact) mass is 470 g/mol. The highest BCUT2D eigenvalue weighted by molar-refractivity contribution is 6.04. The highest BCUT2D eigenvalue weighted by atomic mass is 19.3. The number of likely N-dealkylation sites (N-methyl/N-ethyl adjacent to an activating group) is 1. The molecule has 2 amide bonds. The molecule has 0 bridgehead atoms. The van der Waals surface area contributed by atoms with Gasteiger partial charge in [-0.15, -0.1) is 0 Å². The second kappa shape index (κ2) is 9.89. The third-order valence-electron chi connectivity index (χ3n) is 6.27. The number of likely N-dealkylation sites (tertiary alicyclic amines) is 1. The van der Waals surface area contributed by atoms with Gasteiger partial charge in [-0.25, -0.2) is 13.8 Å². The summed E-state index contributed by atoms with van der Waals surface area (Å²) in [6, 6.07) is 11.0. The van der Waals surface area contributed by atoms with E-state index in [0.29, 0.717) is 12.1 Å². The van der Waals surface area contributed by atoms with Gasteiger partial charge in [-0.05, 0) is 48.6 Å². The topological polar surface area (TPSA) is 87.5 Å². The Morgan fingerprint density at radius 1 is 1.26 bits per heavy atom. The predicted molar refractivity (Wildman–Crippen MR) is 125 cm³/mol. The molecule has 0 aliphatic carbocycles. The van der Waals surface area contributed by atoms with Crippen LogP contribution in [0.3, 0.4) is 0 Å². The number of benzene rings is 2. The van der Waals surface area contributed by atoms with Crippen molar-refractivity contribution in [3.63, 3.8) is 0 Å². The fourth-order valence-electron chi connectivity index (χ4n) is 4.34. The fraction of sp³-hybridized carbons (Fsp3) is 0.400. The number of carbonyl (C=O) groups excluding carboxylic acids is 2. The number of nitrogens with one attached hydrogen (secondary N) is 1. The number of aliphatic hydroxyl groups excluding tert-OH is 1. The quantitative estimate of drug-likeness (QED) is 0.542. The van der Waals surface area contributed by atoms with Crippen molar-refractivity contribution in [3.8, 4) is 0 Å². The first-order valence-corrected chi connectivity index (χ1v) is 11.3. The van der Waals surface area contributed by atoms with Gasteiger partial charge in [0.1, 0.15) is 0 Å². The summed E-state index contributed by atoms with van der Waals surface area (Å²) in [4.78, 5) is 31.9. The number of aromatic nitrogens is 2. The van der Waals surface area contributed by atoms with Crippen molar-refractivity contribution in [2.75, 3.05) is 25.5 Å². The highest BCUT2D eigenvalue weighted by Gasteiger charge is 2.28. The SMILES string of the molecule is C[C@@H](CO)Cn1c(NC(=O)c2cccc(C(F)F)c2)nc2cc([C@@H]3CCCN(C)C3=O)ccc21. The van der Waals surface area contributed by atoms with E-state index < -0.39 is 12.3 Å². The lowest BCUT2D eigenvalue weighted by Gasteiger charge is -2.29. The summed E-state index contributed by atoms with van der Waals surface area (Å²) in [5.74, 6) is -0.568. The fourth-order valence-corrected chi connectivity index (χ4v) is 4.34. The second-order valence-corrected chi connectivity index (χ2v) is 8.92. The van der Waals surface area contributed by atoms with Gasteiger partial charge in [0.2, 0.25) is 11.9 Å². The Morgan fingerprint density at radius 2 is 2.06 bits per heavy atom. The first-order valence-electron chi connectivity index (χ1n) is 11.3. The van der Waals surface area contributed by atoms with Gasteiger partial charge in [-0.2, -0.15) is 0 Å². The average molecular weight is 471 g/mol. The van der Waals surface area contributed by atoms with E-state index in [2.05, 4.69) is 10.3 Å². The van der Waals surface area contributed by atoms with Crippen molar-refractivity contribution in [1.82, 2.24) is 14.5 Å². The van der Waals surface area contributed by atoms with Crippen LogP contribution in [0.1, 0.15) is 53.6 Å². The summed E-state index contributed by atoms with van der Waals surface area (Å²) >= 11 is 0. The maximum Gasteiger partial charge on any atom is 0.263 e. The number of aliphatic hydroxyl groups is 1. The minimum Gasteiger partial charge on any atom is -0.396 e. The summed E-state index contributed by atoms with van der Waals surface area (Å²) in [6.45, 7) is 2.96. The maximum atomic E-state index is 13.1. The molecule has 2 N–H and O–H groups in total. The Balaban J connectivity index is 1.69. The van der Waals surface area contributed by atoms with Crippen LogP contribution in [-0.4, -0.2) is 51.6 Å². The van der Waals surface area contributed by atoms with Gasteiger partial charge in [0.25, 0.3) is 12.3 Å². The lowest BCUT2D eigenvalue weighted by atomic mass is 9.90. The normalized spacial score (nSPS) is 17.4. The van der Waals surface area contributed by atoms with Crippen LogP contribution in [0.15, 0.2) is 42.5 Å². The number of imidazole rings is 1. The number of rotatable bonds is 7. The molecule has 2 heterocycles. The third kappa shape index (κ3) is 4.79. The minimum atomic E-state index is -2.68. The van der Waals surface area contributed by atoms with Crippen molar-refractivity contribution < 1.29 is 23.5 Å². The van der Waals surface area contributed by atoms with Crippen molar-refractivity contribution in [2.24, 2.45) is 5.92 Å². The zero-order valence-electron chi connectivity index (χ0n) is 19.2. The molecule has 1 aromatic heterocycles. The van der Waals surface area contributed by atoms with Crippen LogP contribution >= 0.6 is 0 Å². The van der Waals surface area contributed by atoms with Gasteiger partial charge in [0, 0.05) is 37.9 Å². The first kappa shape index (κ1) is 23.8. The number of hydrogen-bond donors (Lipinski definition) is 2. The molecule has 7 nitrogen and oxygen atoms in total. The van der Waals surface area contributed by atoms with Gasteiger partial charge in [0.15, 0.2) is 0 Å². The van der Waals surface area contributed by atoms with Crippen LogP contribution in [0.25, 0.3) is 11.0 Å². The van der Waals surface area contributed by atoms with E-state index in [1.54, 1.807) is 16.5 Å². The molecule has 1 aliphatic heterocycles. The van der Waals surface area contributed by atoms with Crippen molar-refractivity contribution in [1.29, 1.82) is 0 Å². The Labute approximate surface area is 196 Å². The summed E-state index contributed by atoms with van der Waals surface area (Å²) in [7, 11) is 1.80. The minimum absolute atomic E-state index is 0.0511. The molecular formula is C25H28F2N4O3. The van der Waals surface area contributed by atoms with Crippen LogP contribution in [-0.2, 0) is 11.3 Å². The number of fused-ring (bicyclic) bond motifs is 1. The molecule has 1 aliphatic rings. The molecular weight excluding hydrogens is 442 g/mol. The molecule has 0 radical (unpaired) electrons. The molecule has 0 spiro atoms. The maximum absolute atomic E-state index is 13.1. The number of hydrogen-bond acceptors (Lipinski definition) is 4. The van der Waals surface area contributed by atoms with Gasteiger partial charge in [0.05, 0.1) is 17.0 Å². The largest absolute Gasteiger partial charge is 0.396 e. The molecule has 2 aromatic carbocycles. The molecule has 180 valence electrons. The third-order valence-corrected chi connectivity index (χ3v) is 6.27. The lowest BCUT2D eigenvalue weighted by molar-refractivity contribution is -0.133. The predicted octanol–water partition coefficient (Wildman–Crippen LogP) is 4.19. The highest BCUT2D eigenvalue weighted by Crippen LogP contribution is 2.31. The van der Waals surface area contributed by atoms with E-state index in [9.17, 15) is 23.5 Å². The van der Waals surface area contributed by atoms with E-state index in [0.717, 1.165) is 36.5 Å². The number of alkyl halides is 2. The number of amides is 2. The van der Waals surface area contributed by atoms with Crippen molar-refractivity contribution in [3.05, 3.63) is 59.2 Å². The van der Waals surface area contributed by atoms with E-state index in [4.69, 9.17) is 0 Å². The molecule has 0 unspecified atom stereocenters. The Morgan fingerprint density at radius 3 is 2.79 bits per heavy atom. The molecule has 0 saturated carbocycles.